The summed E-state index contributed by atoms with van der Waals surface area (Å²) < 4.78 is 0. The van der Waals surface area contributed by atoms with Crippen LogP contribution >= 0.6 is 0 Å². The number of carbonyl (C=O) groups excluding carboxylic acids is 1. The molecule has 2 nitrogen and oxygen atoms in total. The molecule has 0 atom stereocenters. The van der Waals surface area contributed by atoms with Crippen molar-refractivity contribution in [2.45, 2.75) is 33.1 Å². The fraction of sp³-hybridized carbons (Fsp3) is 0.500. The van der Waals surface area contributed by atoms with Gasteiger partial charge in [-0.2, -0.15) is 0 Å². The maximum atomic E-state index is 12.1. The minimum atomic E-state index is -0.0323. The predicted molar refractivity (Wildman–Crippen MR) is 55.3 cm³/mol. The first-order valence-electron chi connectivity index (χ1n) is 5.14. The molecule has 0 N–H and O–H groups in total. The topological polar surface area (TPSA) is 30.0 Å². The first-order chi connectivity index (χ1) is 6.68. The van der Waals surface area contributed by atoms with Gasteiger partial charge in [-0.05, 0) is 37.8 Å². The van der Waals surface area contributed by atoms with Crippen LogP contribution in [-0.2, 0) is 0 Å². The Morgan fingerprint density at radius 3 is 2.71 bits per heavy atom. The van der Waals surface area contributed by atoms with Crippen molar-refractivity contribution in [3.8, 4) is 0 Å². The second-order valence-corrected chi connectivity index (χ2v) is 4.21. The molecule has 1 aliphatic carbocycles. The molecule has 14 heavy (non-hydrogen) atoms. The summed E-state index contributed by atoms with van der Waals surface area (Å²) in [5, 5.41) is 0. The van der Waals surface area contributed by atoms with Gasteiger partial charge in [0.15, 0.2) is 5.78 Å². The van der Waals surface area contributed by atoms with Gasteiger partial charge in [0.25, 0.3) is 0 Å². The van der Waals surface area contributed by atoms with Gasteiger partial charge in [-0.15, -0.1) is 0 Å². The number of ketones is 1. The van der Waals surface area contributed by atoms with E-state index in [1.807, 2.05) is 13.0 Å². The van der Waals surface area contributed by atoms with Crippen molar-refractivity contribution in [2.24, 2.45) is 5.41 Å². The average molecular weight is 189 g/mol. The molecule has 74 valence electrons. The molecular formula is C12H15NO. The van der Waals surface area contributed by atoms with Gasteiger partial charge in [0.2, 0.25) is 0 Å². The maximum absolute atomic E-state index is 12.1. The normalized spacial score (nSPS) is 17.9. The summed E-state index contributed by atoms with van der Waals surface area (Å²) >= 11 is 0. The van der Waals surface area contributed by atoms with Gasteiger partial charge < -0.3 is 0 Å². The summed E-state index contributed by atoms with van der Waals surface area (Å²) in [4.78, 5) is 16.1. The number of hydrogen-bond donors (Lipinski definition) is 0. The molecule has 0 bridgehead atoms. The molecule has 0 saturated heterocycles. The van der Waals surface area contributed by atoms with E-state index in [2.05, 4.69) is 11.9 Å². The van der Waals surface area contributed by atoms with Crippen molar-refractivity contribution < 1.29 is 4.79 Å². The highest BCUT2D eigenvalue weighted by molar-refractivity contribution is 6.02. The molecule has 0 amide bonds. The number of aryl methyl sites for hydroxylation is 1. The molecule has 2 heteroatoms. The summed E-state index contributed by atoms with van der Waals surface area (Å²) in [5.74, 6) is 0.288. The highest BCUT2D eigenvalue weighted by Crippen LogP contribution is 2.50. The largest absolute Gasteiger partial charge is 0.293 e. The van der Waals surface area contributed by atoms with Crippen molar-refractivity contribution >= 4 is 5.78 Å². The molecule has 1 aromatic heterocycles. The van der Waals surface area contributed by atoms with Crippen molar-refractivity contribution in [1.29, 1.82) is 0 Å². The number of carbonyl (C=O) groups is 1. The van der Waals surface area contributed by atoms with E-state index in [0.717, 1.165) is 30.4 Å². The van der Waals surface area contributed by atoms with E-state index in [-0.39, 0.29) is 11.2 Å². The molecular weight excluding hydrogens is 174 g/mol. The van der Waals surface area contributed by atoms with Gasteiger partial charge in [-0.3, -0.25) is 9.78 Å². The van der Waals surface area contributed by atoms with Crippen LogP contribution in [0.5, 0.6) is 0 Å². The van der Waals surface area contributed by atoms with E-state index in [0.29, 0.717) is 0 Å². The van der Waals surface area contributed by atoms with E-state index in [4.69, 9.17) is 0 Å². The average Bonchev–Trinajstić information content (AvgIpc) is 2.97. The lowest BCUT2D eigenvalue weighted by atomic mass is 9.93. The number of aromatic nitrogens is 1. The van der Waals surface area contributed by atoms with Gasteiger partial charge in [0.05, 0.1) is 0 Å². The molecule has 1 saturated carbocycles. The van der Waals surface area contributed by atoms with E-state index in [1.54, 1.807) is 12.4 Å². The van der Waals surface area contributed by atoms with E-state index in [1.165, 1.54) is 0 Å². The second-order valence-electron chi connectivity index (χ2n) is 4.21. The van der Waals surface area contributed by atoms with E-state index >= 15 is 0 Å². The Labute approximate surface area is 84.4 Å². The monoisotopic (exact) mass is 189 g/mol. The summed E-state index contributed by atoms with van der Waals surface area (Å²) in [6.45, 7) is 4.06. The van der Waals surface area contributed by atoms with E-state index < -0.39 is 0 Å². The minimum Gasteiger partial charge on any atom is -0.293 e. The van der Waals surface area contributed by atoms with Crippen LogP contribution in [0.3, 0.4) is 0 Å². The molecule has 0 radical (unpaired) electrons. The van der Waals surface area contributed by atoms with Crippen LogP contribution in [0.2, 0.25) is 0 Å². The zero-order valence-electron chi connectivity index (χ0n) is 8.71. The lowest BCUT2D eigenvalue weighted by Crippen LogP contribution is -2.15. The SMILES string of the molecule is CCC1(C(=O)c2cncc(C)c2)CC1. The zero-order valence-corrected chi connectivity index (χ0v) is 8.71. The van der Waals surface area contributed by atoms with Gasteiger partial charge in [0.1, 0.15) is 0 Å². The van der Waals surface area contributed by atoms with Crippen molar-refractivity contribution in [1.82, 2.24) is 4.98 Å². The summed E-state index contributed by atoms with van der Waals surface area (Å²) in [6.07, 6.45) is 6.53. The molecule has 1 aromatic rings. The summed E-state index contributed by atoms with van der Waals surface area (Å²) in [6, 6.07) is 1.94. The Kier molecular flexibility index (Phi) is 2.14. The Balaban J connectivity index is 2.28. The fourth-order valence-corrected chi connectivity index (χ4v) is 1.88. The van der Waals surface area contributed by atoms with Gasteiger partial charge in [0, 0.05) is 23.4 Å². The van der Waals surface area contributed by atoms with E-state index in [9.17, 15) is 4.79 Å². The van der Waals surface area contributed by atoms with Crippen LogP contribution in [0.15, 0.2) is 18.5 Å². The van der Waals surface area contributed by atoms with Crippen LogP contribution < -0.4 is 0 Å². The molecule has 2 rings (SSSR count). The summed E-state index contributed by atoms with van der Waals surface area (Å²) in [5.41, 5.74) is 1.81. The quantitative estimate of drug-likeness (QED) is 0.684. The lowest BCUT2D eigenvalue weighted by molar-refractivity contribution is 0.0896. The molecule has 0 unspecified atom stereocenters. The van der Waals surface area contributed by atoms with Gasteiger partial charge in [-0.1, -0.05) is 6.92 Å². The Morgan fingerprint density at radius 1 is 1.50 bits per heavy atom. The smallest absolute Gasteiger partial charge is 0.170 e. The van der Waals surface area contributed by atoms with Crippen LogP contribution in [0, 0.1) is 12.3 Å². The molecule has 0 aliphatic heterocycles. The standard InChI is InChI=1S/C12H15NO/c1-3-12(4-5-12)11(14)10-6-9(2)7-13-8-10/h6-8H,3-5H2,1-2H3. The maximum Gasteiger partial charge on any atom is 0.170 e. The fourth-order valence-electron chi connectivity index (χ4n) is 1.88. The number of rotatable bonds is 3. The van der Waals surface area contributed by atoms with Crippen LogP contribution in [0.25, 0.3) is 0 Å². The highest BCUT2D eigenvalue weighted by atomic mass is 16.1. The highest BCUT2D eigenvalue weighted by Gasteiger charge is 2.47. The molecule has 0 aromatic carbocycles. The number of hydrogen-bond acceptors (Lipinski definition) is 2. The molecule has 1 heterocycles. The predicted octanol–water partition coefficient (Wildman–Crippen LogP) is 2.76. The van der Waals surface area contributed by atoms with Crippen molar-refractivity contribution in [3.63, 3.8) is 0 Å². The van der Waals surface area contributed by atoms with Crippen LogP contribution in [0.1, 0.15) is 42.1 Å². The Bertz CT molecular complexity index is 366. The third-order valence-corrected chi connectivity index (χ3v) is 3.15. The van der Waals surface area contributed by atoms with Gasteiger partial charge >= 0.3 is 0 Å². The number of pyridine rings is 1. The molecule has 1 fully saturated rings. The molecule has 1 aliphatic rings. The first kappa shape index (κ1) is 9.38. The minimum absolute atomic E-state index is 0.0323. The number of Topliss-reactive ketones (excluding diaryl/α,β-unsaturated/α-hetero) is 1. The number of nitrogens with zero attached hydrogens (tertiary/aromatic N) is 1. The molecule has 0 spiro atoms. The third kappa shape index (κ3) is 1.45. The van der Waals surface area contributed by atoms with Crippen LogP contribution in [-0.4, -0.2) is 10.8 Å². The van der Waals surface area contributed by atoms with Gasteiger partial charge in [-0.25, -0.2) is 0 Å². The second kappa shape index (κ2) is 3.19. The van der Waals surface area contributed by atoms with Crippen LogP contribution in [0.4, 0.5) is 0 Å². The van der Waals surface area contributed by atoms with Crippen molar-refractivity contribution in [3.05, 3.63) is 29.6 Å². The summed E-state index contributed by atoms with van der Waals surface area (Å²) in [7, 11) is 0. The van der Waals surface area contributed by atoms with Crippen molar-refractivity contribution in [2.75, 3.05) is 0 Å². The zero-order chi connectivity index (χ0) is 10.2. The Morgan fingerprint density at radius 2 is 2.21 bits per heavy atom. The first-order valence-corrected chi connectivity index (χ1v) is 5.14. The lowest BCUT2D eigenvalue weighted by Gasteiger charge is -2.10. The Hall–Kier alpha value is -1.18. The third-order valence-electron chi connectivity index (χ3n) is 3.15.